The molecule has 1 aliphatic rings. The summed E-state index contributed by atoms with van der Waals surface area (Å²) >= 11 is 0. The minimum atomic E-state index is -2.53. The van der Waals surface area contributed by atoms with Crippen molar-refractivity contribution in [3.63, 3.8) is 0 Å². The van der Waals surface area contributed by atoms with Crippen LogP contribution in [0.3, 0.4) is 0 Å². The van der Waals surface area contributed by atoms with Gasteiger partial charge in [0.15, 0.2) is 0 Å². The maximum atomic E-state index is 13.1. The van der Waals surface area contributed by atoms with Gasteiger partial charge in [-0.3, -0.25) is 0 Å². The van der Waals surface area contributed by atoms with Crippen molar-refractivity contribution in [1.82, 2.24) is 10.0 Å². The zero-order valence-electron chi connectivity index (χ0n) is 7.85. The van der Waals surface area contributed by atoms with Crippen LogP contribution >= 0.6 is 0 Å². The van der Waals surface area contributed by atoms with Gasteiger partial charge in [0.25, 0.3) is 5.92 Å². The average Bonchev–Trinajstić information content (AvgIpc) is 1.94. The van der Waals surface area contributed by atoms with E-state index in [-0.39, 0.29) is 6.54 Å². The third-order valence-corrected chi connectivity index (χ3v) is 2.50. The first-order valence-electron chi connectivity index (χ1n) is 4.23. The Kier molecular flexibility index (Phi) is 2.68. The van der Waals surface area contributed by atoms with Crippen molar-refractivity contribution in [2.24, 2.45) is 5.92 Å². The normalized spacial score (nSPS) is 31.0. The van der Waals surface area contributed by atoms with Crippen LogP contribution in [0.1, 0.15) is 13.3 Å². The molecule has 1 aliphatic heterocycles. The summed E-state index contributed by atoms with van der Waals surface area (Å²) in [5.74, 6) is -3.00. The van der Waals surface area contributed by atoms with Crippen molar-refractivity contribution in [1.29, 1.82) is 0 Å². The molecule has 0 amide bonds. The summed E-state index contributed by atoms with van der Waals surface area (Å²) in [6.45, 7) is 2.22. The van der Waals surface area contributed by atoms with E-state index >= 15 is 0 Å². The SMILES string of the molecule is CC1CCN(N(C)C)CC1(F)F. The maximum absolute atomic E-state index is 13.1. The third-order valence-electron chi connectivity index (χ3n) is 2.50. The second kappa shape index (κ2) is 3.26. The van der Waals surface area contributed by atoms with Crippen molar-refractivity contribution < 1.29 is 8.78 Å². The van der Waals surface area contributed by atoms with Crippen LogP contribution in [0.5, 0.6) is 0 Å². The summed E-state index contributed by atoms with van der Waals surface area (Å²) in [5.41, 5.74) is 0. The van der Waals surface area contributed by atoms with Crippen LogP contribution in [-0.4, -0.2) is 43.1 Å². The average molecular weight is 178 g/mol. The second-order valence-electron chi connectivity index (χ2n) is 3.69. The fraction of sp³-hybridized carbons (Fsp3) is 1.00. The first-order valence-corrected chi connectivity index (χ1v) is 4.23. The molecule has 2 nitrogen and oxygen atoms in total. The molecule has 0 aromatic rings. The van der Waals surface area contributed by atoms with Crippen LogP contribution in [0, 0.1) is 5.92 Å². The van der Waals surface area contributed by atoms with Crippen LogP contribution in [0.25, 0.3) is 0 Å². The lowest BCUT2D eigenvalue weighted by Crippen LogP contribution is -2.52. The van der Waals surface area contributed by atoms with Gasteiger partial charge < -0.3 is 0 Å². The lowest BCUT2D eigenvalue weighted by Gasteiger charge is -2.39. The molecule has 0 aromatic heterocycles. The fourth-order valence-corrected chi connectivity index (χ4v) is 1.37. The Morgan fingerprint density at radius 1 is 1.42 bits per heavy atom. The predicted octanol–water partition coefficient (Wildman–Crippen LogP) is 1.44. The van der Waals surface area contributed by atoms with Crippen molar-refractivity contribution in [3.8, 4) is 0 Å². The van der Waals surface area contributed by atoms with Crippen molar-refractivity contribution in [3.05, 3.63) is 0 Å². The Morgan fingerprint density at radius 2 is 2.00 bits per heavy atom. The minimum absolute atomic E-state index is 0.138. The number of hydrazine groups is 1. The van der Waals surface area contributed by atoms with Gasteiger partial charge in [-0.05, 0) is 6.42 Å². The number of rotatable bonds is 1. The van der Waals surface area contributed by atoms with Gasteiger partial charge in [0, 0.05) is 26.6 Å². The number of halogens is 2. The highest BCUT2D eigenvalue weighted by molar-refractivity contribution is 4.82. The molecule has 1 fully saturated rings. The topological polar surface area (TPSA) is 6.48 Å². The Bertz CT molecular complexity index is 159. The van der Waals surface area contributed by atoms with Gasteiger partial charge in [0.05, 0.1) is 6.54 Å². The highest BCUT2D eigenvalue weighted by Gasteiger charge is 2.42. The van der Waals surface area contributed by atoms with Crippen LogP contribution in [0.15, 0.2) is 0 Å². The minimum Gasteiger partial charge on any atom is -0.248 e. The summed E-state index contributed by atoms with van der Waals surface area (Å²) < 4.78 is 26.3. The van der Waals surface area contributed by atoms with Gasteiger partial charge in [0.2, 0.25) is 0 Å². The molecule has 4 heteroatoms. The molecule has 1 saturated heterocycles. The monoisotopic (exact) mass is 178 g/mol. The highest BCUT2D eigenvalue weighted by Crippen LogP contribution is 2.32. The largest absolute Gasteiger partial charge is 0.264 e. The summed E-state index contributed by atoms with van der Waals surface area (Å²) in [7, 11) is 3.60. The Hall–Kier alpha value is -0.220. The van der Waals surface area contributed by atoms with E-state index in [1.54, 1.807) is 31.0 Å². The quantitative estimate of drug-likeness (QED) is 0.599. The van der Waals surface area contributed by atoms with E-state index in [9.17, 15) is 8.78 Å². The van der Waals surface area contributed by atoms with E-state index in [0.717, 1.165) is 6.54 Å². The fourth-order valence-electron chi connectivity index (χ4n) is 1.37. The molecule has 0 aromatic carbocycles. The molecule has 0 spiro atoms. The van der Waals surface area contributed by atoms with Gasteiger partial charge in [-0.15, -0.1) is 0 Å². The second-order valence-corrected chi connectivity index (χ2v) is 3.69. The number of alkyl halides is 2. The molecular formula is C8H16F2N2. The summed E-state index contributed by atoms with van der Waals surface area (Å²) in [6.07, 6.45) is 0.575. The van der Waals surface area contributed by atoms with E-state index in [2.05, 4.69) is 0 Å². The van der Waals surface area contributed by atoms with E-state index < -0.39 is 11.8 Å². The van der Waals surface area contributed by atoms with E-state index in [4.69, 9.17) is 0 Å². The summed E-state index contributed by atoms with van der Waals surface area (Å²) in [6, 6.07) is 0. The highest BCUT2D eigenvalue weighted by atomic mass is 19.3. The molecule has 0 N–H and O–H groups in total. The van der Waals surface area contributed by atoms with Crippen molar-refractivity contribution in [2.45, 2.75) is 19.3 Å². The molecular weight excluding hydrogens is 162 g/mol. The molecule has 1 atom stereocenters. The molecule has 0 saturated carbocycles. The van der Waals surface area contributed by atoms with Gasteiger partial charge >= 0.3 is 0 Å². The smallest absolute Gasteiger partial charge is 0.248 e. The van der Waals surface area contributed by atoms with Gasteiger partial charge in [-0.2, -0.15) is 0 Å². The molecule has 1 rings (SSSR count). The Morgan fingerprint density at radius 3 is 2.42 bits per heavy atom. The molecule has 1 heterocycles. The Balaban J connectivity index is 2.57. The Labute approximate surface area is 72.1 Å². The molecule has 0 radical (unpaired) electrons. The van der Waals surface area contributed by atoms with E-state index in [1.807, 2.05) is 0 Å². The summed E-state index contributed by atoms with van der Waals surface area (Å²) in [4.78, 5) is 0. The lowest BCUT2D eigenvalue weighted by atomic mass is 9.96. The molecule has 0 aliphatic carbocycles. The standard InChI is InChI=1S/C8H16F2N2/c1-7-4-5-12(11(2)3)6-8(7,9)10/h7H,4-6H2,1-3H3. The van der Waals surface area contributed by atoms with Crippen LogP contribution in [-0.2, 0) is 0 Å². The zero-order chi connectivity index (χ0) is 9.35. The van der Waals surface area contributed by atoms with Crippen LogP contribution < -0.4 is 0 Å². The van der Waals surface area contributed by atoms with Crippen LogP contribution in [0.4, 0.5) is 8.78 Å². The van der Waals surface area contributed by atoms with Gasteiger partial charge in [-0.25, -0.2) is 18.8 Å². The summed E-state index contributed by atoms with van der Waals surface area (Å²) in [5, 5.41) is 3.42. The first kappa shape index (κ1) is 9.86. The number of nitrogens with zero attached hydrogens (tertiary/aromatic N) is 2. The van der Waals surface area contributed by atoms with Gasteiger partial charge in [-0.1, -0.05) is 6.92 Å². The van der Waals surface area contributed by atoms with Crippen molar-refractivity contribution >= 4 is 0 Å². The number of hydrogen-bond donors (Lipinski definition) is 0. The molecule has 1 unspecified atom stereocenters. The molecule has 72 valence electrons. The number of piperidine rings is 1. The number of hydrogen-bond acceptors (Lipinski definition) is 2. The first-order chi connectivity index (χ1) is 5.43. The lowest BCUT2D eigenvalue weighted by molar-refractivity contribution is -0.151. The third kappa shape index (κ3) is 1.93. The van der Waals surface area contributed by atoms with E-state index in [1.165, 1.54) is 0 Å². The molecule has 12 heavy (non-hydrogen) atoms. The van der Waals surface area contributed by atoms with E-state index in [0.29, 0.717) is 6.42 Å². The predicted molar refractivity (Wildman–Crippen MR) is 44.0 cm³/mol. The molecule has 0 bridgehead atoms. The zero-order valence-corrected chi connectivity index (χ0v) is 7.85. The van der Waals surface area contributed by atoms with Crippen LogP contribution in [0.2, 0.25) is 0 Å². The maximum Gasteiger partial charge on any atom is 0.264 e. The van der Waals surface area contributed by atoms with Crippen molar-refractivity contribution in [2.75, 3.05) is 27.2 Å². The van der Waals surface area contributed by atoms with Gasteiger partial charge in [0.1, 0.15) is 0 Å².